The minimum atomic E-state index is 0. The third-order valence-corrected chi connectivity index (χ3v) is 4.83. The number of rotatable bonds is 8. The lowest BCUT2D eigenvalue weighted by atomic mass is 10.2. The van der Waals surface area contributed by atoms with Gasteiger partial charge in [0.15, 0.2) is 5.96 Å². The zero-order valence-corrected chi connectivity index (χ0v) is 19.4. The Bertz CT molecular complexity index is 858. The van der Waals surface area contributed by atoms with E-state index >= 15 is 0 Å². The molecule has 2 aromatic heterocycles. The third-order valence-electron chi connectivity index (χ3n) is 4.01. The maximum absolute atomic E-state index is 4.64. The van der Waals surface area contributed by atoms with E-state index in [4.69, 9.17) is 0 Å². The molecule has 150 valence electrons. The van der Waals surface area contributed by atoms with Gasteiger partial charge in [0.2, 0.25) is 0 Å². The Hall–Kier alpha value is -1.94. The maximum Gasteiger partial charge on any atom is 0.191 e. The Balaban J connectivity index is 0.00000280. The van der Waals surface area contributed by atoms with Gasteiger partial charge in [0, 0.05) is 37.6 Å². The first-order chi connectivity index (χ1) is 13.2. The molecule has 0 aliphatic heterocycles. The summed E-state index contributed by atoms with van der Waals surface area (Å²) < 4.78 is 1.91. The highest BCUT2D eigenvalue weighted by Crippen LogP contribution is 2.09. The van der Waals surface area contributed by atoms with Gasteiger partial charge in [0.1, 0.15) is 0 Å². The molecule has 0 radical (unpaired) electrons. The predicted octanol–water partition coefficient (Wildman–Crippen LogP) is 3.60. The van der Waals surface area contributed by atoms with Crippen LogP contribution in [0.3, 0.4) is 0 Å². The van der Waals surface area contributed by atoms with Crippen molar-refractivity contribution in [1.29, 1.82) is 0 Å². The number of hydrogen-bond donors (Lipinski definition) is 2. The van der Waals surface area contributed by atoms with Crippen molar-refractivity contribution in [2.75, 3.05) is 19.6 Å². The number of thiazole rings is 1. The molecule has 0 fully saturated rings. The molecule has 3 aromatic rings. The van der Waals surface area contributed by atoms with Crippen LogP contribution in [0.4, 0.5) is 0 Å². The fraction of sp³-hybridized carbons (Fsp3) is 0.350. The van der Waals surface area contributed by atoms with Gasteiger partial charge in [0.05, 0.1) is 22.6 Å². The van der Waals surface area contributed by atoms with Crippen molar-refractivity contribution in [2.24, 2.45) is 4.99 Å². The Kier molecular flexibility index (Phi) is 9.42. The van der Waals surface area contributed by atoms with Crippen LogP contribution in [0.1, 0.15) is 23.2 Å². The monoisotopic (exact) mass is 510 g/mol. The molecule has 3 rings (SSSR count). The largest absolute Gasteiger partial charge is 0.357 e. The van der Waals surface area contributed by atoms with Crippen molar-refractivity contribution in [2.45, 2.75) is 26.7 Å². The van der Waals surface area contributed by atoms with Crippen molar-refractivity contribution >= 4 is 41.3 Å². The van der Waals surface area contributed by atoms with E-state index in [-0.39, 0.29) is 24.0 Å². The number of halogens is 1. The van der Waals surface area contributed by atoms with E-state index in [0.717, 1.165) is 54.8 Å². The summed E-state index contributed by atoms with van der Waals surface area (Å²) in [5.74, 6) is 0.847. The highest BCUT2D eigenvalue weighted by atomic mass is 127. The Morgan fingerprint density at radius 1 is 1.18 bits per heavy atom. The van der Waals surface area contributed by atoms with Crippen LogP contribution in [0, 0.1) is 6.92 Å². The lowest BCUT2D eigenvalue weighted by Gasteiger charge is -2.10. The van der Waals surface area contributed by atoms with Crippen LogP contribution in [-0.2, 0) is 12.8 Å². The number of aryl methyl sites for hydroxylation is 1. The molecule has 0 aliphatic rings. The average Bonchev–Trinajstić information content (AvgIpc) is 3.32. The van der Waals surface area contributed by atoms with Crippen LogP contribution in [0.2, 0.25) is 0 Å². The normalized spacial score (nSPS) is 11.1. The molecular formula is C20H27IN6S. The summed E-state index contributed by atoms with van der Waals surface area (Å²) in [7, 11) is 0. The van der Waals surface area contributed by atoms with Crippen molar-refractivity contribution in [3.05, 3.63) is 64.4 Å². The van der Waals surface area contributed by atoms with Crippen LogP contribution >= 0.6 is 35.3 Å². The summed E-state index contributed by atoms with van der Waals surface area (Å²) in [5, 5.41) is 14.3. The molecule has 0 atom stereocenters. The van der Waals surface area contributed by atoms with E-state index < -0.39 is 0 Å². The lowest BCUT2D eigenvalue weighted by molar-refractivity contribution is 0.794. The topological polar surface area (TPSA) is 67.1 Å². The van der Waals surface area contributed by atoms with Gasteiger partial charge in [-0.25, -0.2) is 9.67 Å². The molecule has 2 heterocycles. The molecule has 1 aromatic carbocycles. The zero-order chi connectivity index (χ0) is 18.9. The number of aliphatic imine (C=N–C) groups is 1. The highest BCUT2D eigenvalue weighted by molar-refractivity contribution is 14.0. The zero-order valence-electron chi connectivity index (χ0n) is 16.3. The van der Waals surface area contributed by atoms with Gasteiger partial charge in [0.25, 0.3) is 0 Å². The number of para-hydroxylation sites is 1. The molecule has 28 heavy (non-hydrogen) atoms. The number of aromatic nitrogens is 3. The van der Waals surface area contributed by atoms with Gasteiger partial charge in [-0.2, -0.15) is 5.10 Å². The van der Waals surface area contributed by atoms with Gasteiger partial charge >= 0.3 is 0 Å². The minimum Gasteiger partial charge on any atom is -0.357 e. The molecule has 0 amide bonds. The number of hydrogen-bond acceptors (Lipinski definition) is 4. The van der Waals surface area contributed by atoms with Crippen LogP contribution in [0.25, 0.3) is 5.69 Å². The number of benzene rings is 1. The standard InChI is InChI=1S/C20H26N6S.HI/c1-3-21-20(23-12-10-18-15-27-16(2)25-18)22-11-9-17-13-24-26(14-17)19-7-5-4-6-8-19;/h4-8,13-15H,3,9-12H2,1-2H3,(H2,21,22,23);1H. The van der Waals surface area contributed by atoms with E-state index in [1.807, 2.05) is 36.0 Å². The molecular weight excluding hydrogens is 483 g/mol. The van der Waals surface area contributed by atoms with E-state index in [1.54, 1.807) is 11.3 Å². The van der Waals surface area contributed by atoms with E-state index in [9.17, 15) is 0 Å². The fourth-order valence-electron chi connectivity index (χ4n) is 2.68. The first-order valence-electron chi connectivity index (χ1n) is 9.26. The third kappa shape index (κ3) is 6.90. The van der Waals surface area contributed by atoms with E-state index in [1.165, 1.54) is 5.56 Å². The molecule has 0 saturated carbocycles. The van der Waals surface area contributed by atoms with Crippen LogP contribution in [0.15, 0.2) is 53.1 Å². The van der Waals surface area contributed by atoms with Gasteiger partial charge < -0.3 is 10.6 Å². The molecule has 0 spiro atoms. The number of nitrogens with one attached hydrogen (secondary N) is 2. The smallest absolute Gasteiger partial charge is 0.191 e. The highest BCUT2D eigenvalue weighted by Gasteiger charge is 2.03. The van der Waals surface area contributed by atoms with Crippen molar-refractivity contribution in [3.63, 3.8) is 0 Å². The fourth-order valence-corrected chi connectivity index (χ4v) is 3.33. The van der Waals surface area contributed by atoms with E-state index in [0.29, 0.717) is 0 Å². The van der Waals surface area contributed by atoms with Gasteiger partial charge in [-0.3, -0.25) is 4.99 Å². The first-order valence-corrected chi connectivity index (χ1v) is 10.1. The number of nitrogens with zero attached hydrogens (tertiary/aromatic N) is 4. The summed E-state index contributed by atoms with van der Waals surface area (Å²) in [4.78, 5) is 9.12. The molecule has 0 unspecified atom stereocenters. The van der Waals surface area contributed by atoms with Crippen molar-refractivity contribution < 1.29 is 0 Å². The Labute approximate surface area is 187 Å². The summed E-state index contributed by atoms with van der Waals surface area (Å²) >= 11 is 1.69. The van der Waals surface area contributed by atoms with Crippen LogP contribution in [0.5, 0.6) is 0 Å². The average molecular weight is 510 g/mol. The molecule has 2 N–H and O–H groups in total. The van der Waals surface area contributed by atoms with Crippen molar-refractivity contribution in [3.8, 4) is 5.69 Å². The molecule has 0 bridgehead atoms. The van der Waals surface area contributed by atoms with Crippen LogP contribution in [-0.4, -0.2) is 40.4 Å². The lowest BCUT2D eigenvalue weighted by Crippen LogP contribution is -2.38. The summed E-state index contributed by atoms with van der Waals surface area (Å²) in [6, 6.07) is 10.1. The molecule has 0 aliphatic carbocycles. The van der Waals surface area contributed by atoms with Crippen molar-refractivity contribution in [1.82, 2.24) is 25.4 Å². The number of guanidine groups is 1. The minimum absolute atomic E-state index is 0. The van der Waals surface area contributed by atoms with Gasteiger partial charge in [-0.15, -0.1) is 35.3 Å². The molecule has 8 heteroatoms. The summed E-state index contributed by atoms with van der Waals surface area (Å²) in [5.41, 5.74) is 3.38. The Morgan fingerprint density at radius 2 is 2.00 bits per heavy atom. The summed E-state index contributed by atoms with van der Waals surface area (Å²) in [6.45, 7) is 6.48. The first kappa shape index (κ1) is 22.4. The molecule has 0 saturated heterocycles. The quantitative estimate of drug-likeness (QED) is 0.276. The van der Waals surface area contributed by atoms with Gasteiger partial charge in [-0.05, 0) is 38.0 Å². The van der Waals surface area contributed by atoms with E-state index in [2.05, 4.69) is 56.3 Å². The summed E-state index contributed by atoms with van der Waals surface area (Å²) in [6.07, 6.45) is 5.75. The Morgan fingerprint density at radius 3 is 2.71 bits per heavy atom. The van der Waals surface area contributed by atoms with Crippen LogP contribution < -0.4 is 10.6 Å². The second-order valence-electron chi connectivity index (χ2n) is 6.17. The van der Waals surface area contributed by atoms with Gasteiger partial charge in [-0.1, -0.05) is 18.2 Å². The predicted molar refractivity (Wildman–Crippen MR) is 127 cm³/mol. The molecule has 6 nitrogen and oxygen atoms in total. The second-order valence-corrected chi connectivity index (χ2v) is 7.24. The second kappa shape index (κ2) is 11.8. The maximum atomic E-state index is 4.64. The SMILES string of the molecule is CCNC(=NCCc1csc(C)n1)NCCc1cnn(-c2ccccc2)c1.I.